The molecule has 0 unspecified atom stereocenters. The van der Waals surface area contributed by atoms with E-state index in [4.69, 9.17) is 0 Å². The fourth-order valence-corrected chi connectivity index (χ4v) is 2.65. The highest BCUT2D eigenvalue weighted by Gasteiger charge is 2.05. The second-order valence-electron chi connectivity index (χ2n) is 4.33. The molecular weight excluding hydrogens is 271 g/mol. The summed E-state index contributed by atoms with van der Waals surface area (Å²) in [5, 5.41) is 6.03. The van der Waals surface area contributed by atoms with Gasteiger partial charge in [0.05, 0.1) is 17.9 Å². The molecule has 2 nitrogen and oxygen atoms in total. The molecule has 4 heteroatoms. The SMILES string of the molecule is Fc1ccccc1NCc1nc(-c2ccccc2)cs1. The van der Waals surface area contributed by atoms with Crippen molar-refractivity contribution < 1.29 is 4.39 Å². The summed E-state index contributed by atoms with van der Waals surface area (Å²) in [5.74, 6) is -0.243. The molecule has 0 aliphatic rings. The highest BCUT2D eigenvalue weighted by atomic mass is 32.1. The minimum atomic E-state index is -0.243. The Bertz CT molecular complexity index is 694. The Labute approximate surface area is 120 Å². The first-order valence-corrected chi connectivity index (χ1v) is 7.19. The second kappa shape index (κ2) is 5.84. The number of halogens is 1. The third kappa shape index (κ3) is 2.86. The number of anilines is 1. The molecule has 0 aliphatic heterocycles. The fraction of sp³-hybridized carbons (Fsp3) is 0.0625. The number of hydrogen-bond donors (Lipinski definition) is 1. The molecule has 0 saturated carbocycles. The molecule has 1 heterocycles. The van der Waals surface area contributed by atoms with Gasteiger partial charge in [-0.15, -0.1) is 11.3 Å². The highest BCUT2D eigenvalue weighted by Crippen LogP contribution is 2.22. The largest absolute Gasteiger partial charge is 0.376 e. The predicted octanol–water partition coefficient (Wildman–Crippen LogP) is 4.56. The standard InChI is InChI=1S/C16H13FN2S/c17-13-8-4-5-9-14(13)18-10-16-19-15(11-20-16)12-6-2-1-3-7-12/h1-9,11,18H,10H2. The number of rotatable bonds is 4. The van der Waals surface area contributed by atoms with Gasteiger partial charge in [0.2, 0.25) is 0 Å². The zero-order valence-corrected chi connectivity index (χ0v) is 11.5. The van der Waals surface area contributed by atoms with E-state index in [1.165, 1.54) is 6.07 Å². The van der Waals surface area contributed by atoms with Crippen LogP contribution in [0, 0.1) is 5.82 Å². The van der Waals surface area contributed by atoms with Gasteiger partial charge in [0.1, 0.15) is 10.8 Å². The first-order chi connectivity index (χ1) is 9.83. The van der Waals surface area contributed by atoms with Crippen LogP contribution in [0.1, 0.15) is 5.01 Å². The Morgan fingerprint density at radius 2 is 1.75 bits per heavy atom. The third-order valence-corrected chi connectivity index (χ3v) is 3.77. The number of para-hydroxylation sites is 1. The summed E-state index contributed by atoms with van der Waals surface area (Å²) in [5.41, 5.74) is 2.56. The van der Waals surface area contributed by atoms with Crippen molar-refractivity contribution in [1.82, 2.24) is 4.98 Å². The molecule has 0 aliphatic carbocycles. The molecule has 0 spiro atoms. The van der Waals surface area contributed by atoms with Gasteiger partial charge in [-0.2, -0.15) is 0 Å². The van der Waals surface area contributed by atoms with Crippen LogP contribution < -0.4 is 5.32 Å². The lowest BCUT2D eigenvalue weighted by Crippen LogP contribution is -2.00. The fourth-order valence-electron chi connectivity index (χ4n) is 1.91. The minimum absolute atomic E-state index is 0.243. The maximum Gasteiger partial charge on any atom is 0.146 e. The number of nitrogens with zero attached hydrogens (tertiary/aromatic N) is 1. The molecule has 3 rings (SSSR count). The Morgan fingerprint density at radius 3 is 2.55 bits per heavy atom. The Hall–Kier alpha value is -2.20. The number of nitrogens with one attached hydrogen (secondary N) is 1. The topological polar surface area (TPSA) is 24.9 Å². The first-order valence-electron chi connectivity index (χ1n) is 6.31. The molecule has 0 fully saturated rings. The quantitative estimate of drug-likeness (QED) is 0.759. The van der Waals surface area contributed by atoms with Crippen molar-refractivity contribution >= 4 is 17.0 Å². The lowest BCUT2D eigenvalue weighted by atomic mass is 10.2. The lowest BCUT2D eigenvalue weighted by Gasteiger charge is -2.04. The molecule has 100 valence electrons. The van der Waals surface area contributed by atoms with E-state index in [1.807, 2.05) is 41.8 Å². The van der Waals surface area contributed by atoms with Crippen molar-refractivity contribution in [3.8, 4) is 11.3 Å². The molecule has 0 radical (unpaired) electrons. The van der Waals surface area contributed by atoms with Crippen molar-refractivity contribution in [1.29, 1.82) is 0 Å². The Balaban J connectivity index is 1.71. The van der Waals surface area contributed by atoms with E-state index in [2.05, 4.69) is 10.3 Å². The summed E-state index contributed by atoms with van der Waals surface area (Å²) in [7, 11) is 0. The van der Waals surface area contributed by atoms with Crippen LogP contribution in [0.2, 0.25) is 0 Å². The highest BCUT2D eigenvalue weighted by molar-refractivity contribution is 7.09. The number of hydrogen-bond acceptors (Lipinski definition) is 3. The van der Waals surface area contributed by atoms with Crippen LogP contribution in [0.25, 0.3) is 11.3 Å². The van der Waals surface area contributed by atoms with Crippen LogP contribution in [0.15, 0.2) is 60.0 Å². The van der Waals surface area contributed by atoms with E-state index < -0.39 is 0 Å². The lowest BCUT2D eigenvalue weighted by molar-refractivity contribution is 0.630. The average Bonchev–Trinajstić information content (AvgIpc) is 2.96. The van der Waals surface area contributed by atoms with Gasteiger partial charge in [-0.05, 0) is 12.1 Å². The van der Waals surface area contributed by atoms with E-state index in [0.717, 1.165) is 16.3 Å². The van der Waals surface area contributed by atoms with Crippen LogP contribution in [0.4, 0.5) is 10.1 Å². The molecule has 0 saturated heterocycles. The Kier molecular flexibility index (Phi) is 3.74. The molecule has 2 aromatic carbocycles. The van der Waals surface area contributed by atoms with Crippen LogP contribution in [0.5, 0.6) is 0 Å². The van der Waals surface area contributed by atoms with Gasteiger partial charge in [0, 0.05) is 10.9 Å². The molecule has 0 bridgehead atoms. The van der Waals surface area contributed by atoms with Crippen LogP contribution in [0.3, 0.4) is 0 Å². The van der Waals surface area contributed by atoms with E-state index >= 15 is 0 Å². The number of thiazole rings is 1. The van der Waals surface area contributed by atoms with Gasteiger partial charge in [-0.1, -0.05) is 42.5 Å². The summed E-state index contributed by atoms with van der Waals surface area (Å²) >= 11 is 1.57. The number of aromatic nitrogens is 1. The summed E-state index contributed by atoms with van der Waals surface area (Å²) in [6.07, 6.45) is 0. The summed E-state index contributed by atoms with van der Waals surface area (Å²) in [4.78, 5) is 4.56. The minimum Gasteiger partial charge on any atom is -0.376 e. The van der Waals surface area contributed by atoms with Gasteiger partial charge >= 0.3 is 0 Å². The molecule has 0 amide bonds. The second-order valence-corrected chi connectivity index (χ2v) is 5.27. The van der Waals surface area contributed by atoms with Crippen molar-refractivity contribution in [2.24, 2.45) is 0 Å². The van der Waals surface area contributed by atoms with Crippen molar-refractivity contribution in [3.05, 3.63) is 70.8 Å². The third-order valence-electron chi connectivity index (χ3n) is 2.93. The van der Waals surface area contributed by atoms with E-state index in [-0.39, 0.29) is 5.82 Å². The first kappa shape index (κ1) is 12.8. The normalized spacial score (nSPS) is 10.4. The molecule has 1 N–H and O–H groups in total. The maximum absolute atomic E-state index is 13.5. The van der Waals surface area contributed by atoms with E-state index in [0.29, 0.717) is 12.2 Å². The van der Waals surface area contributed by atoms with Gasteiger partial charge in [-0.3, -0.25) is 0 Å². The molecule has 3 aromatic rings. The van der Waals surface area contributed by atoms with E-state index in [1.54, 1.807) is 23.5 Å². The van der Waals surface area contributed by atoms with Gasteiger partial charge in [-0.25, -0.2) is 9.37 Å². The van der Waals surface area contributed by atoms with Crippen molar-refractivity contribution in [2.45, 2.75) is 6.54 Å². The van der Waals surface area contributed by atoms with Gasteiger partial charge in [0.25, 0.3) is 0 Å². The monoisotopic (exact) mass is 284 g/mol. The summed E-state index contributed by atoms with van der Waals surface area (Å²) < 4.78 is 13.5. The average molecular weight is 284 g/mol. The zero-order valence-electron chi connectivity index (χ0n) is 10.7. The maximum atomic E-state index is 13.5. The molecular formula is C16H13FN2S. The molecule has 20 heavy (non-hydrogen) atoms. The predicted molar refractivity (Wildman–Crippen MR) is 81.3 cm³/mol. The number of benzene rings is 2. The van der Waals surface area contributed by atoms with Gasteiger partial charge in [0.15, 0.2) is 0 Å². The summed E-state index contributed by atoms with van der Waals surface area (Å²) in [6, 6.07) is 16.7. The molecule has 1 aromatic heterocycles. The summed E-state index contributed by atoms with van der Waals surface area (Å²) in [6.45, 7) is 0.526. The molecule has 0 atom stereocenters. The van der Waals surface area contributed by atoms with Crippen LogP contribution in [-0.2, 0) is 6.54 Å². The van der Waals surface area contributed by atoms with E-state index in [9.17, 15) is 4.39 Å². The van der Waals surface area contributed by atoms with Crippen molar-refractivity contribution in [2.75, 3.05) is 5.32 Å². The Morgan fingerprint density at radius 1 is 1.00 bits per heavy atom. The van der Waals surface area contributed by atoms with Crippen LogP contribution >= 0.6 is 11.3 Å². The zero-order chi connectivity index (χ0) is 13.8. The van der Waals surface area contributed by atoms with Crippen molar-refractivity contribution in [3.63, 3.8) is 0 Å². The smallest absolute Gasteiger partial charge is 0.146 e. The van der Waals surface area contributed by atoms with Crippen LogP contribution in [-0.4, -0.2) is 4.98 Å². The van der Waals surface area contributed by atoms with Gasteiger partial charge < -0.3 is 5.32 Å².